The Kier molecular flexibility index (Phi) is 7.09. The lowest BCUT2D eigenvalue weighted by Crippen LogP contribution is -3.05. The van der Waals surface area contributed by atoms with Crippen LogP contribution in [0.4, 0.5) is 0 Å². The van der Waals surface area contributed by atoms with E-state index in [0.29, 0.717) is 29.5 Å². The van der Waals surface area contributed by atoms with E-state index in [0.717, 1.165) is 18.5 Å². The molecule has 0 saturated heterocycles. The molecule has 2 rings (SSSR count). The molecule has 0 spiro atoms. The van der Waals surface area contributed by atoms with Gasteiger partial charge in [-0.25, -0.2) is 0 Å². The number of nitrogens with one attached hydrogen (secondary N) is 2. The van der Waals surface area contributed by atoms with Crippen molar-refractivity contribution in [2.24, 2.45) is 0 Å². The molecule has 2 aromatic carbocycles. The number of hydrogen-bond acceptors (Lipinski definition) is 2. The molecule has 0 saturated carbocycles. The molecule has 1 amide bonds. The van der Waals surface area contributed by atoms with E-state index in [1.54, 1.807) is 24.3 Å². The van der Waals surface area contributed by atoms with E-state index in [1.807, 2.05) is 24.3 Å². The lowest BCUT2D eigenvalue weighted by Gasteiger charge is -2.10. The van der Waals surface area contributed by atoms with Crippen molar-refractivity contribution >= 4 is 17.5 Å². The molecule has 5 heteroatoms. The van der Waals surface area contributed by atoms with Crippen LogP contribution in [0, 0.1) is 0 Å². The quantitative estimate of drug-likeness (QED) is 0.719. The van der Waals surface area contributed by atoms with Crippen LogP contribution >= 0.6 is 11.6 Å². The van der Waals surface area contributed by atoms with Crippen LogP contribution in [0.15, 0.2) is 48.5 Å². The van der Waals surface area contributed by atoms with Gasteiger partial charge < -0.3 is 15.0 Å². The molecule has 0 aliphatic carbocycles. The maximum atomic E-state index is 12.0. The summed E-state index contributed by atoms with van der Waals surface area (Å²) in [6.45, 7) is 2.13. The second kappa shape index (κ2) is 9.30. The molecule has 2 aromatic rings. The average Bonchev–Trinajstić information content (AvgIpc) is 2.58. The molecular formula is C19H24ClN2O2+. The fraction of sp³-hybridized carbons (Fsp3) is 0.316. The lowest BCUT2D eigenvalue weighted by molar-refractivity contribution is -0.858. The number of quaternary nitrogens is 1. The van der Waals surface area contributed by atoms with Crippen molar-refractivity contribution in [2.45, 2.75) is 13.0 Å². The van der Waals surface area contributed by atoms with Crippen molar-refractivity contribution in [1.82, 2.24) is 5.32 Å². The van der Waals surface area contributed by atoms with E-state index in [9.17, 15) is 4.79 Å². The number of carbonyl (C=O) groups excluding carboxylic acids is 1. The average molecular weight is 348 g/mol. The zero-order chi connectivity index (χ0) is 17.4. The smallest absolute Gasteiger partial charge is 0.251 e. The predicted molar refractivity (Wildman–Crippen MR) is 96.9 cm³/mol. The predicted octanol–water partition coefficient (Wildman–Crippen LogP) is 2.18. The summed E-state index contributed by atoms with van der Waals surface area (Å²) in [5, 5.41) is 3.62. The fourth-order valence-corrected chi connectivity index (χ4v) is 2.42. The minimum atomic E-state index is -0.0543. The molecule has 0 heterocycles. The summed E-state index contributed by atoms with van der Waals surface area (Å²) in [6.07, 6.45) is 0.965. The fourth-order valence-electron chi connectivity index (χ4n) is 2.22. The van der Waals surface area contributed by atoms with Gasteiger partial charge in [0.2, 0.25) is 0 Å². The van der Waals surface area contributed by atoms with E-state index in [1.165, 1.54) is 4.90 Å². The Morgan fingerprint density at radius 1 is 1.12 bits per heavy atom. The molecule has 0 aromatic heterocycles. The Hall–Kier alpha value is -2.04. The van der Waals surface area contributed by atoms with Crippen LogP contribution in [0.3, 0.4) is 0 Å². The van der Waals surface area contributed by atoms with Gasteiger partial charge in [0.15, 0.2) is 0 Å². The molecule has 128 valence electrons. The molecule has 2 N–H and O–H groups in total. The Bertz CT molecular complexity index is 657. The largest absolute Gasteiger partial charge is 0.489 e. The van der Waals surface area contributed by atoms with Crippen molar-refractivity contribution in [3.05, 3.63) is 64.7 Å². The molecule has 4 nitrogen and oxygen atoms in total. The van der Waals surface area contributed by atoms with Crippen molar-refractivity contribution in [1.29, 1.82) is 0 Å². The van der Waals surface area contributed by atoms with Gasteiger partial charge in [-0.2, -0.15) is 0 Å². The van der Waals surface area contributed by atoms with Gasteiger partial charge in [0, 0.05) is 29.1 Å². The van der Waals surface area contributed by atoms with Crippen molar-refractivity contribution in [2.75, 3.05) is 27.2 Å². The summed E-state index contributed by atoms with van der Waals surface area (Å²) in [7, 11) is 4.20. The van der Waals surface area contributed by atoms with Crippen LogP contribution in [-0.4, -0.2) is 33.1 Å². The summed E-state index contributed by atoms with van der Waals surface area (Å²) in [5.41, 5.74) is 1.57. The van der Waals surface area contributed by atoms with Gasteiger partial charge in [-0.15, -0.1) is 0 Å². The van der Waals surface area contributed by atoms with Crippen LogP contribution in [0.5, 0.6) is 5.75 Å². The van der Waals surface area contributed by atoms with Crippen LogP contribution in [0.2, 0.25) is 5.02 Å². The topological polar surface area (TPSA) is 42.8 Å². The highest BCUT2D eigenvalue weighted by molar-refractivity contribution is 6.31. The highest BCUT2D eigenvalue weighted by Gasteiger charge is 2.06. The Balaban J connectivity index is 1.82. The first-order valence-corrected chi connectivity index (χ1v) is 8.47. The molecule has 24 heavy (non-hydrogen) atoms. The summed E-state index contributed by atoms with van der Waals surface area (Å²) >= 11 is 6.10. The summed E-state index contributed by atoms with van der Waals surface area (Å²) < 4.78 is 5.71. The third kappa shape index (κ3) is 5.87. The standard InChI is InChI=1S/C19H23ClN2O2/c1-22(2)13-5-12-21-19(23)15-8-10-17(11-9-15)24-14-16-6-3-4-7-18(16)20/h3-4,6-11H,5,12-14H2,1-2H3,(H,21,23)/p+1. The van der Waals surface area contributed by atoms with E-state index >= 15 is 0 Å². The second-order valence-electron chi connectivity index (χ2n) is 5.97. The zero-order valence-corrected chi connectivity index (χ0v) is 14.9. The van der Waals surface area contributed by atoms with Gasteiger partial charge in [-0.05, 0) is 30.3 Å². The number of hydrogen-bond donors (Lipinski definition) is 2. The van der Waals surface area contributed by atoms with Crippen molar-refractivity contribution in [3.8, 4) is 5.75 Å². The van der Waals surface area contributed by atoms with E-state index in [4.69, 9.17) is 16.3 Å². The highest BCUT2D eigenvalue weighted by Crippen LogP contribution is 2.19. The summed E-state index contributed by atoms with van der Waals surface area (Å²) in [6, 6.07) is 14.7. The normalized spacial score (nSPS) is 10.7. The van der Waals surface area contributed by atoms with Crippen LogP contribution in [0.1, 0.15) is 22.3 Å². The second-order valence-corrected chi connectivity index (χ2v) is 6.38. The number of halogens is 1. The molecular weight excluding hydrogens is 324 g/mol. The van der Waals surface area contributed by atoms with Gasteiger partial charge in [0.05, 0.1) is 20.6 Å². The lowest BCUT2D eigenvalue weighted by atomic mass is 10.2. The first-order chi connectivity index (χ1) is 11.6. The minimum absolute atomic E-state index is 0.0543. The van der Waals surface area contributed by atoms with Gasteiger partial charge in [-0.1, -0.05) is 29.8 Å². The summed E-state index contributed by atoms with van der Waals surface area (Å²) in [5.74, 6) is 0.657. The number of ether oxygens (including phenoxy) is 1. The molecule has 0 unspecified atom stereocenters. The number of carbonyl (C=O) groups is 1. The number of benzene rings is 2. The maximum Gasteiger partial charge on any atom is 0.251 e. The maximum absolute atomic E-state index is 12.0. The molecule has 0 atom stereocenters. The zero-order valence-electron chi connectivity index (χ0n) is 14.1. The van der Waals surface area contributed by atoms with Gasteiger partial charge >= 0.3 is 0 Å². The molecule has 0 fully saturated rings. The first kappa shape index (κ1) is 18.3. The Morgan fingerprint density at radius 3 is 2.50 bits per heavy atom. The molecule has 0 radical (unpaired) electrons. The van der Waals surface area contributed by atoms with Gasteiger partial charge in [-0.3, -0.25) is 4.79 Å². The number of amides is 1. The van der Waals surface area contributed by atoms with Gasteiger partial charge in [0.25, 0.3) is 5.91 Å². The first-order valence-electron chi connectivity index (χ1n) is 8.10. The van der Waals surface area contributed by atoms with Crippen LogP contribution < -0.4 is 15.0 Å². The van der Waals surface area contributed by atoms with Crippen molar-refractivity contribution in [3.63, 3.8) is 0 Å². The van der Waals surface area contributed by atoms with E-state index < -0.39 is 0 Å². The van der Waals surface area contributed by atoms with Crippen LogP contribution in [-0.2, 0) is 6.61 Å². The van der Waals surface area contributed by atoms with Gasteiger partial charge in [0.1, 0.15) is 12.4 Å². The minimum Gasteiger partial charge on any atom is -0.489 e. The Labute approximate surface area is 148 Å². The van der Waals surface area contributed by atoms with Crippen molar-refractivity contribution < 1.29 is 14.4 Å². The highest BCUT2D eigenvalue weighted by atomic mass is 35.5. The van der Waals surface area contributed by atoms with E-state index in [2.05, 4.69) is 19.4 Å². The molecule has 0 aliphatic heterocycles. The monoisotopic (exact) mass is 347 g/mol. The number of rotatable bonds is 8. The third-order valence-electron chi connectivity index (χ3n) is 3.61. The van der Waals surface area contributed by atoms with Crippen LogP contribution in [0.25, 0.3) is 0 Å². The SMILES string of the molecule is C[NH+](C)CCCNC(=O)c1ccc(OCc2ccccc2Cl)cc1. The molecule has 0 bridgehead atoms. The van der Waals surface area contributed by atoms with E-state index in [-0.39, 0.29) is 5.91 Å². The Morgan fingerprint density at radius 2 is 1.83 bits per heavy atom. The third-order valence-corrected chi connectivity index (χ3v) is 3.98. The summed E-state index contributed by atoms with van der Waals surface area (Å²) in [4.78, 5) is 13.4. The molecule has 0 aliphatic rings.